The number of phenols is 1. The van der Waals surface area contributed by atoms with Crippen molar-refractivity contribution in [2.24, 2.45) is 5.73 Å². The van der Waals surface area contributed by atoms with Crippen LogP contribution in [-0.4, -0.2) is 81.5 Å². The van der Waals surface area contributed by atoms with Crippen LogP contribution >= 0.6 is 11.8 Å². The number of amides is 3. The average Bonchev–Trinajstić information content (AvgIpc) is 3.42. The van der Waals surface area contributed by atoms with Crippen molar-refractivity contribution in [2.75, 3.05) is 18.6 Å². The van der Waals surface area contributed by atoms with Crippen LogP contribution in [0, 0.1) is 0 Å². The number of hydrogen-bond acceptors (Lipinski definition) is 7. The minimum Gasteiger partial charge on any atom is -0.508 e. The van der Waals surface area contributed by atoms with Crippen LogP contribution in [0.1, 0.15) is 30.4 Å². The van der Waals surface area contributed by atoms with Crippen LogP contribution in [-0.2, 0) is 32.0 Å². The molecule has 0 radical (unpaired) electrons. The number of rotatable bonds is 13. The fourth-order valence-electron chi connectivity index (χ4n) is 4.57. The van der Waals surface area contributed by atoms with E-state index < -0.39 is 47.9 Å². The number of thioether (sulfide) groups is 1. The van der Waals surface area contributed by atoms with Crippen molar-refractivity contribution in [3.05, 3.63) is 65.7 Å². The van der Waals surface area contributed by atoms with Gasteiger partial charge in [-0.25, -0.2) is 4.79 Å². The molecular weight excluding hydrogens is 520 g/mol. The molecule has 1 saturated heterocycles. The molecule has 0 aromatic heterocycles. The number of aromatic hydroxyl groups is 1. The van der Waals surface area contributed by atoms with Crippen LogP contribution in [0.15, 0.2) is 54.6 Å². The monoisotopic (exact) mass is 556 g/mol. The smallest absolute Gasteiger partial charge is 0.326 e. The molecule has 0 aliphatic carbocycles. The van der Waals surface area contributed by atoms with Crippen molar-refractivity contribution in [2.45, 2.75) is 56.3 Å². The Kier molecular flexibility index (Phi) is 11.2. The van der Waals surface area contributed by atoms with Gasteiger partial charge in [0.05, 0.1) is 6.04 Å². The summed E-state index contributed by atoms with van der Waals surface area (Å²) in [7, 11) is 0. The van der Waals surface area contributed by atoms with Crippen molar-refractivity contribution in [3.63, 3.8) is 0 Å². The highest BCUT2D eigenvalue weighted by Gasteiger charge is 2.38. The normalized spacial score (nSPS) is 17.2. The standard InChI is InChI=1S/C28H36N4O6S/c1-39-15-13-22(27(36)32-14-5-8-24(32)28(37)38)30-26(35)23(17-18-6-3-2-4-7-18)31-25(34)21(29)16-19-9-11-20(33)12-10-19/h2-4,6-7,9-12,21-24,33H,5,8,13-17,29H2,1H3,(H,30,35)(H,31,34)(H,37,38). The molecular formula is C28H36N4O6S. The van der Waals surface area contributed by atoms with E-state index in [-0.39, 0.29) is 18.6 Å². The minimum atomic E-state index is -1.06. The van der Waals surface area contributed by atoms with Gasteiger partial charge in [0, 0.05) is 13.0 Å². The van der Waals surface area contributed by atoms with Gasteiger partial charge in [0.2, 0.25) is 17.7 Å². The third kappa shape index (κ3) is 8.72. The molecule has 1 fully saturated rings. The van der Waals surface area contributed by atoms with Gasteiger partial charge in [-0.05, 0) is 61.0 Å². The van der Waals surface area contributed by atoms with Gasteiger partial charge in [-0.2, -0.15) is 11.8 Å². The Morgan fingerprint density at radius 3 is 2.26 bits per heavy atom. The molecule has 3 amide bonds. The Labute approximate surface area is 232 Å². The maximum Gasteiger partial charge on any atom is 0.326 e. The fraction of sp³-hybridized carbons (Fsp3) is 0.429. The van der Waals surface area contributed by atoms with Crippen molar-refractivity contribution in [1.29, 1.82) is 0 Å². The summed E-state index contributed by atoms with van der Waals surface area (Å²) < 4.78 is 0. The van der Waals surface area contributed by atoms with Gasteiger partial charge < -0.3 is 31.5 Å². The zero-order valence-electron chi connectivity index (χ0n) is 21.9. The summed E-state index contributed by atoms with van der Waals surface area (Å²) in [5.74, 6) is -1.89. The largest absolute Gasteiger partial charge is 0.508 e. The average molecular weight is 557 g/mol. The fourth-order valence-corrected chi connectivity index (χ4v) is 5.04. The van der Waals surface area contributed by atoms with Crippen LogP contribution in [0.5, 0.6) is 5.75 Å². The Balaban J connectivity index is 1.76. The number of nitrogens with two attached hydrogens (primary N) is 1. The lowest BCUT2D eigenvalue weighted by molar-refractivity contribution is -0.149. The highest BCUT2D eigenvalue weighted by molar-refractivity contribution is 7.98. The maximum absolute atomic E-state index is 13.5. The molecule has 4 atom stereocenters. The predicted molar refractivity (Wildman–Crippen MR) is 149 cm³/mol. The molecule has 39 heavy (non-hydrogen) atoms. The molecule has 3 rings (SSSR count). The van der Waals surface area contributed by atoms with E-state index in [4.69, 9.17) is 5.73 Å². The third-order valence-electron chi connectivity index (χ3n) is 6.69. The number of carbonyl (C=O) groups excluding carboxylic acids is 3. The van der Waals surface area contributed by atoms with E-state index in [1.807, 2.05) is 36.6 Å². The zero-order valence-corrected chi connectivity index (χ0v) is 22.7. The number of nitrogens with zero attached hydrogens (tertiary/aromatic N) is 1. The number of hydrogen-bond donors (Lipinski definition) is 5. The number of aliphatic carboxylic acids is 1. The Bertz CT molecular complexity index is 1130. The van der Waals surface area contributed by atoms with Gasteiger partial charge in [0.15, 0.2) is 0 Å². The molecule has 0 bridgehead atoms. The highest BCUT2D eigenvalue weighted by Crippen LogP contribution is 2.20. The number of carbonyl (C=O) groups is 4. The Morgan fingerprint density at radius 2 is 1.62 bits per heavy atom. The van der Waals surface area contributed by atoms with Crippen LogP contribution in [0.4, 0.5) is 0 Å². The lowest BCUT2D eigenvalue weighted by atomic mass is 10.0. The van der Waals surface area contributed by atoms with Crippen molar-refractivity contribution >= 4 is 35.5 Å². The molecule has 0 saturated carbocycles. The lowest BCUT2D eigenvalue weighted by Gasteiger charge is -2.29. The van der Waals surface area contributed by atoms with Crippen molar-refractivity contribution in [3.8, 4) is 5.75 Å². The van der Waals surface area contributed by atoms with Crippen LogP contribution < -0.4 is 16.4 Å². The molecule has 0 spiro atoms. The van der Waals surface area contributed by atoms with E-state index in [1.54, 1.807) is 12.1 Å². The molecule has 2 aromatic rings. The Morgan fingerprint density at radius 1 is 0.974 bits per heavy atom. The first kappa shape index (κ1) is 30.0. The molecule has 10 nitrogen and oxygen atoms in total. The van der Waals surface area contributed by atoms with E-state index in [0.717, 1.165) is 11.1 Å². The van der Waals surface area contributed by atoms with E-state index in [0.29, 0.717) is 31.6 Å². The first-order chi connectivity index (χ1) is 18.7. The SMILES string of the molecule is CSCCC(NC(=O)C(Cc1ccccc1)NC(=O)C(N)Cc1ccc(O)cc1)C(=O)N1CCCC1C(=O)O. The number of carboxylic acids is 1. The summed E-state index contributed by atoms with van der Waals surface area (Å²) in [4.78, 5) is 52.9. The van der Waals surface area contributed by atoms with E-state index in [9.17, 15) is 29.4 Å². The van der Waals surface area contributed by atoms with Gasteiger partial charge in [-0.15, -0.1) is 0 Å². The second-order valence-electron chi connectivity index (χ2n) is 9.60. The van der Waals surface area contributed by atoms with Crippen molar-refractivity contribution in [1.82, 2.24) is 15.5 Å². The highest BCUT2D eigenvalue weighted by atomic mass is 32.2. The minimum absolute atomic E-state index is 0.102. The number of nitrogens with one attached hydrogen (secondary N) is 2. The molecule has 11 heteroatoms. The second kappa shape index (κ2) is 14.5. The molecule has 210 valence electrons. The van der Waals surface area contributed by atoms with Gasteiger partial charge in [0.25, 0.3) is 0 Å². The second-order valence-corrected chi connectivity index (χ2v) is 10.6. The van der Waals surface area contributed by atoms with Crippen LogP contribution in [0.2, 0.25) is 0 Å². The summed E-state index contributed by atoms with van der Waals surface area (Å²) in [5.41, 5.74) is 7.70. The summed E-state index contributed by atoms with van der Waals surface area (Å²) in [6, 6.07) is 11.7. The van der Waals surface area contributed by atoms with E-state index in [2.05, 4.69) is 10.6 Å². The van der Waals surface area contributed by atoms with E-state index >= 15 is 0 Å². The van der Waals surface area contributed by atoms with Gasteiger partial charge in [0.1, 0.15) is 23.9 Å². The molecule has 6 N–H and O–H groups in total. The van der Waals surface area contributed by atoms with Gasteiger partial charge in [-0.3, -0.25) is 14.4 Å². The van der Waals surface area contributed by atoms with Crippen molar-refractivity contribution < 1.29 is 29.4 Å². The first-order valence-corrected chi connectivity index (χ1v) is 14.3. The quantitative estimate of drug-likeness (QED) is 0.247. The number of benzene rings is 2. The summed E-state index contributed by atoms with van der Waals surface area (Å²) in [5, 5.41) is 24.6. The van der Waals surface area contributed by atoms with E-state index in [1.165, 1.54) is 28.8 Å². The van der Waals surface area contributed by atoms with Gasteiger partial charge >= 0.3 is 5.97 Å². The lowest BCUT2D eigenvalue weighted by Crippen LogP contribution is -2.58. The Hall–Kier alpha value is -3.57. The van der Waals surface area contributed by atoms with Crippen LogP contribution in [0.3, 0.4) is 0 Å². The summed E-state index contributed by atoms with van der Waals surface area (Å²) in [6.07, 6.45) is 3.53. The third-order valence-corrected chi connectivity index (χ3v) is 7.33. The first-order valence-electron chi connectivity index (χ1n) is 12.9. The predicted octanol–water partition coefficient (Wildman–Crippen LogP) is 1.30. The zero-order chi connectivity index (χ0) is 28.4. The molecule has 2 aromatic carbocycles. The molecule has 1 aliphatic heterocycles. The topological polar surface area (TPSA) is 162 Å². The van der Waals surface area contributed by atoms with Crippen LogP contribution in [0.25, 0.3) is 0 Å². The number of carboxylic acid groups (broad SMARTS) is 1. The molecule has 4 unspecified atom stereocenters. The number of likely N-dealkylation sites (tertiary alicyclic amines) is 1. The maximum atomic E-state index is 13.5. The molecule has 1 aliphatic rings. The molecule has 1 heterocycles. The van der Waals surface area contributed by atoms with Gasteiger partial charge in [-0.1, -0.05) is 42.5 Å². The summed E-state index contributed by atoms with van der Waals surface area (Å²) >= 11 is 1.51. The summed E-state index contributed by atoms with van der Waals surface area (Å²) in [6.45, 7) is 0.317. The number of phenolic OH excluding ortho intramolecular Hbond substituents is 1.